The fraction of sp³-hybridized carbons (Fsp3) is 0.133. The lowest BCUT2D eigenvalue weighted by Gasteiger charge is -2.12. The van der Waals surface area contributed by atoms with Crippen molar-refractivity contribution in [2.45, 2.75) is 13.8 Å². The quantitative estimate of drug-likeness (QED) is 0.802. The average molecular weight is 237 g/mol. The molecule has 2 N–H and O–H groups in total. The maximum Gasteiger partial charge on any atom is 0.0992 e. The van der Waals surface area contributed by atoms with Gasteiger partial charge in [-0.15, -0.1) is 0 Å². The molecule has 0 fully saturated rings. The Labute approximate surface area is 107 Å². The van der Waals surface area contributed by atoms with Crippen molar-refractivity contribution < 1.29 is 0 Å². The highest BCUT2D eigenvalue weighted by Crippen LogP contribution is 2.17. The van der Waals surface area contributed by atoms with Crippen LogP contribution in [0.3, 0.4) is 0 Å². The molecule has 3 nitrogen and oxygen atoms in total. The number of nitriles is 1. The molecule has 0 saturated heterocycles. The molecule has 0 radical (unpaired) electrons. The molecule has 0 bridgehead atoms. The molecule has 0 aromatic heterocycles. The maximum absolute atomic E-state index is 8.82. The van der Waals surface area contributed by atoms with Gasteiger partial charge < -0.3 is 10.9 Å². The summed E-state index contributed by atoms with van der Waals surface area (Å²) in [5, 5.41) is 8.82. The third-order valence-electron chi connectivity index (χ3n) is 2.72. The molecule has 2 rings (SSSR count). The van der Waals surface area contributed by atoms with Gasteiger partial charge in [0.05, 0.1) is 23.0 Å². The molecule has 0 saturated carbocycles. The van der Waals surface area contributed by atoms with Gasteiger partial charge in [0, 0.05) is 0 Å². The number of hydrazine groups is 1. The molecule has 0 unspecified atom stereocenters. The standard InChI is InChI=1S/C15H15N3/c1-11-6-7-15(12(2)8-11)18-17-14-5-3-4-13(9-14)10-16/h3-9,17-18H,1-2H3. The molecule has 90 valence electrons. The Morgan fingerprint density at radius 3 is 2.56 bits per heavy atom. The van der Waals surface area contributed by atoms with Crippen molar-refractivity contribution in [3.63, 3.8) is 0 Å². The Bertz CT molecular complexity index is 597. The largest absolute Gasteiger partial charge is 0.301 e. The molecule has 0 heterocycles. The molecule has 18 heavy (non-hydrogen) atoms. The highest BCUT2D eigenvalue weighted by molar-refractivity contribution is 5.58. The van der Waals surface area contributed by atoms with Crippen LogP contribution in [0.2, 0.25) is 0 Å². The van der Waals surface area contributed by atoms with Gasteiger partial charge in [0.2, 0.25) is 0 Å². The minimum Gasteiger partial charge on any atom is -0.301 e. The first-order valence-corrected chi connectivity index (χ1v) is 5.78. The van der Waals surface area contributed by atoms with Crippen molar-refractivity contribution in [1.82, 2.24) is 0 Å². The predicted molar refractivity (Wildman–Crippen MR) is 74.3 cm³/mol. The van der Waals surface area contributed by atoms with E-state index in [2.05, 4.69) is 42.9 Å². The summed E-state index contributed by atoms with van der Waals surface area (Å²) in [5.41, 5.74) is 11.2. The zero-order valence-electron chi connectivity index (χ0n) is 10.5. The van der Waals surface area contributed by atoms with Gasteiger partial charge in [0.25, 0.3) is 0 Å². The van der Waals surface area contributed by atoms with E-state index in [1.165, 1.54) is 11.1 Å². The van der Waals surface area contributed by atoms with Crippen LogP contribution in [0.1, 0.15) is 16.7 Å². The van der Waals surface area contributed by atoms with Crippen LogP contribution in [-0.4, -0.2) is 0 Å². The highest BCUT2D eigenvalue weighted by Gasteiger charge is 1.98. The molecule has 0 aliphatic carbocycles. The van der Waals surface area contributed by atoms with Gasteiger partial charge in [0.1, 0.15) is 0 Å². The topological polar surface area (TPSA) is 47.8 Å². The molecule has 0 amide bonds. The normalized spacial score (nSPS) is 9.61. The Balaban J connectivity index is 2.09. The first-order chi connectivity index (χ1) is 8.69. The van der Waals surface area contributed by atoms with E-state index in [1.807, 2.05) is 18.2 Å². The van der Waals surface area contributed by atoms with Crippen LogP contribution in [0.5, 0.6) is 0 Å². The molecule has 0 aliphatic heterocycles. The number of hydrogen-bond donors (Lipinski definition) is 2. The predicted octanol–water partition coefficient (Wildman–Crippen LogP) is 3.61. The van der Waals surface area contributed by atoms with Crippen LogP contribution in [0, 0.1) is 25.2 Å². The second-order valence-electron chi connectivity index (χ2n) is 4.26. The minimum absolute atomic E-state index is 0.641. The molecule has 0 aliphatic rings. The molecular weight excluding hydrogens is 222 g/mol. The van der Waals surface area contributed by atoms with E-state index in [1.54, 1.807) is 12.1 Å². The molecule has 3 heteroatoms. The Hall–Kier alpha value is -2.47. The third kappa shape index (κ3) is 2.80. The molecule has 0 atom stereocenters. The van der Waals surface area contributed by atoms with E-state index in [4.69, 9.17) is 5.26 Å². The fourth-order valence-electron chi connectivity index (χ4n) is 1.76. The number of anilines is 2. The highest BCUT2D eigenvalue weighted by atomic mass is 15.4. The van der Waals surface area contributed by atoms with Gasteiger partial charge in [-0.05, 0) is 43.7 Å². The average Bonchev–Trinajstić information content (AvgIpc) is 2.38. The summed E-state index contributed by atoms with van der Waals surface area (Å²) in [7, 11) is 0. The van der Waals surface area contributed by atoms with Crippen molar-refractivity contribution in [2.75, 3.05) is 10.9 Å². The van der Waals surface area contributed by atoms with E-state index in [9.17, 15) is 0 Å². The van der Waals surface area contributed by atoms with Crippen molar-refractivity contribution >= 4 is 11.4 Å². The number of nitrogens with zero attached hydrogens (tertiary/aromatic N) is 1. The SMILES string of the molecule is Cc1ccc(NNc2cccc(C#N)c2)c(C)c1. The number of rotatable bonds is 3. The van der Waals surface area contributed by atoms with Gasteiger partial charge in [-0.3, -0.25) is 0 Å². The maximum atomic E-state index is 8.82. The zero-order chi connectivity index (χ0) is 13.0. The summed E-state index contributed by atoms with van der Waals surface area (Å²) >= 11 is 0. The fourth-order valence-corrected chi connectivity index (χ4v) is 1.76. The zero-order valence-corrected chi connectivity index (χ0v) is 10.5. The van der Waals surface area contributed by atoms with Gasteiger partial charge in [-0.2, -0.15) is 5.26 Å². The number of aryl methyl sites for hydroxylation is 2. The van der Waals surface area contributed by atoms with Crippen LogP contribution in [0.25, 0.3) is 0 Å². The Morgan fingerprint density at radius 1 is 1.00 bits per heavy atom. The van der Waals surface area contributed by atoms with Crippen LogP contribution >= 0.6 is 0 Å². The Morgan fingerprint density at radius 2 is 1.83 bits per heavy atom. The van der Waals surface area contributed by atoms with Crippen LogP contribution in [0.15, 0.2) is 42.5 Å². The van der Waals surface area contributed by atoms with Gasteiger partial charge in [0.15, 0.2) is 0 Å². The second-order valence-corrected chi connectivity index (χ2v) is 4.26. The van der Waals surface area contributed by atoms with Crippen LogP contribution in [0.4, 0.5) is 11.4 Å². The van der Waals surface area contributed by atoms with Crippen molar-refractivity contribution in [1.29, 1.82) is 5.26 Å². The second kappa shape index (κ2) is 5.24. The molecule has 2 aromatic carbocycles. The van der Waals surface area contributed by atoms with E-state index in [-0.39, 0.29) is 0 Å². The van der Waals surface area contributed by atoms with Crippen molar-refractivity contribution in [3.05, 3.63) is 59.2 Å². The monoisotopic (exact) mass is 237 g/mol. The summed E-state index contributed by atoms with van der Waals surface area (Å²) in [6, 6.07) is 15.7. The summed E-state index contributed by atoms with van der Waals surface area (Å²) in [4.78, 5) is 0. The van der Waals surface area contributed by atoms with Gasteiger partial charge in [-0.1, -0.05) is 23.8 Å². The minimum atomic E-state index is 0.641. The molecule has 0 spiro atoms. The summed E-state index contributed by atoms with van der Waals surface area (Å²) < 4.78 is 0. The number of benzene rings is 2. The summed E-state index contributed by atoms with van der Waals surface area (Å²) in [6.45, 7) is 4.13. The number of hydrogen-bond acceptors (Lipinski definition) is 3. The summed E-state index contributed by atoms with van der Waals surface area (Å²) in [6.07, 6.45) is 0. The van der Waals surface area contributed by atoms with Crippen LogP contribution in [-0.2, 0) is 0 Å². The first-order valence-electron chi connectivity index (χ1n) is 5.78. The van der Waals surface area contributed by atoms with Crippen molar-refractivity contribution in [2.24, 2.45) is 0 Å². The smallest absolute Gasteiger partial charge is 0.0992 e. The molecule has 2 aromatic rings. The van der Waals surface area contributed by atoms with E-state index >= 15 is 0 Å². The van der Waals surface area contributed by atoms with E-state index < -0.39 is 0 Å². The third-order valence-corrected chi connectivity index (χ3v) is 2.72. The number of nitrogens with one attached hydrogen (secondary N) is 2. The van der Waals surface area contributed by atoms with Crippen molar-refractivity contribution in [3.8, 4) is 6.07 Å². The van der Waals surface area contributed by atoms with Crippen LogP contribution < -0.4 is 10.9 Å². The lowest BCUT2D eigenvalue weighted by atomic mass is 10.1. The van der Waals surface area contributed by atoms with E-state index in [0.717, 1.165) is 11.4 Å². The lowest BCUT2D eigenvalue weighted by molar-refractivity contribution is 1.33. The summed E-state index contributed by atoms with van der Waals surface area (Å²) in [5.74, 6) is 0. The van der Waals surface area contributed by atoms with Gasteiger partial charge >= 0.3 is 0 Å². The van der Waals surface area contributed by atoms with Gasteiger partial charge in [-0.25, -0.2) is 0 Å². The Kier molecular flexibility index (Phi) is 3.49. The first kappa shape index (κ1) is 12.0. The van der Waals surface area contributed by atoms with E-state index in [0.29, 0.717) is 5.56 Å². The molecular formula is C15H15N3. The lowest BCUT2D eigenvalue weighted by Crippen LogP contribution is -2.09.